The Labute approximate surface area is 185 Å². The third-order valence-corrected chi connectivity index (χ3v) is 5.61. The predicted octanol–water partition coefficient (Wildman–Crippen LogP) is 4.19. The van der Waals surface area contributed by atoms with Gasteiger partial charge < -0.3 is 15.1 Å². The Hall–Kier alpha value is -2.57. The maximum Gasteiger partial charge on any atom is 0.254 e. The maximum absolute atomic E-state index is 12.8. The highest BCUT2D eigenvalue weighted by Gasteiger charge is 2.29. The van der Waals surface area contributed by atoms with E-state index in [4.69, 9.17) is 23.2 Å². The molecule has 1 N–H and O–H groups in total. The van der Waals surface area contributed by atoms with E-state index in [2.05, 4.69) is 5.32 Å². The zero-order valence-corrected chi connectivity index (χ0v) is 18.3. The second-order valence-electron chi connectivity index (χ2n) is 7.48. The van der Waals surface area contributed by atoms with Crippen LogP contribution in [-0.2, 0) is 4.79 Å². The molecule has 30 heavy (non-hydrogen) atoms. The molecule has 6 nitrogen and oxygen atoms in total. The molecular formula is C22H23Cl2N3O3. The van der Waals surface area contributed by atoms with Crippen LogP contribution in [0.15, 0.2) is 42.5 Å². The molecule has 158 valence electrons. The molecule has 3 rings (SSSR count). The van der Waals surface area contributed by atoms with Gasteiger partial charge in [-0.05, 0) is 55.3 Å². The monoisotopic (exact) mass is 447 g/mol. The lowest BCUT2D eigenvalue weighted by atomic mass is 9.96. The first-order chi connectivity index (χ1) is 14.3. The minimum Gasteiger partial charge on any atom is -0.345 e. The van der Waals surface area contributed by atoms with Crippen molar-refractivity contribution >= 4 is 46.6 Å². The van der Waals surface area contributed by atoms with Crippen molar-refractivity contribution in [2.45, 2.75) is 12.8 Å². The first kappa shape index (κ1) is 22.1. The number of nitrogens with zero attached hydrogens (tertiary/aromatic N) is 2. The Morgan fingerprint density at radius 3 is 2.40 bits per heavy atom. The summed E-state index contributed by atoms with van der Waals surface area (Å²) in [4.78, 5) is 40.7. The first-order valence-electron chi connectivity index (χ1n) is 9.63. The number of hydrogen-bond donors (Lipinski definition) is 1. The van der Waals surface area contributed by atoms with Crippen LogP contribution in [0.5, 0.6) is 0 Å². The fourth-order valence-electron chi connectivity index (χ4n) is 3.40. The third kappa shape index (κ3) is 5.12. The number of anilines is 1. The zero-order chi connectivity index (χ0) is 21.8. The molecule has 1 atom stereocenters. The Morgan fingerprint density at radius 1 is 1.07 bits per heavy atom. The lowest BCUT2D eigenvalue weighted by Crippen LogP contribution is -2.43. The lowest BCUT2D eigenvalue weighted by molar-refractivity contribution is -0.121. The van der Waals surface area contributed by atoms with E-state index >= 15 is 0 Å². The van der Waals surface area contributed by atoms with Gasteiger partial charge in [-0.25, -0.2) is 0 Å². The topological polar surface area (TPSA) is 69.7 Å². The highest BCUT2D eigenvalue weighted by atomic mass is 35.5. The van der Waals surface area contributed by atoms with Crippen LogP contribution in [-0.4, -0.2) is 54.7 Å². The Kier molecular flexibility index (Phi) is 7.00. The minimum atomic E-state index is -0.322. The van der Waals surface area contributed by atoms with Crippen LogP contribution in [0.2, 0.25) is 10.0 Å². The second kappa shape index (κ2) is 9.49. The number of likely N-dealkylation sites (tertiary alicyclic amines) is 1. The predicted molar refractivity (Wildman–Crippen MR) is 118 cm³/mol. The van der Waals surface area contributed by atoms with Gasteiger partial charge in [-0.3, -0.25) is 14.4 Å². The van der Waals surface area contributed by atoms with Gasteiger partial charge in [-0.1, -0.05) is 23.2 Å². The molecule has 0 aliphatic carbocycles. The number of amides is 3. The number of benzene rings is 2. The summed E-state index contributed by atoms with van der Waals surface area (Å²) in [6.45, 7) is 0.955. The first-order valence-corrected chi connectivity index (χ1v) is 10.4. The summed E-state index contributed by atoms with van der Waals surface area (Å²) >= 11 is 12.1. The standard InChI is InChI=1S/C22H23Cl2N3O3/c1-26(2)22(30)18-10-9-17(12-19(18)24)25-20(28)15-4-3-11-27(13-15)21(29)14-5-7-16(23)8-6-14/h5-10,12,15H,3-4,11,13H2,1-2H3,(H,25,28). The number of nitrogens with one attached hydrogen (secondary N) is 1. The largest absolute Gasteiger partial charge is 0.345 e. The van der Waals surface area contributed by atoms with E-state index in [9.17, 15) is 14.4 Å². The SMILES string of the molecule is CN(C)C(=O)c1ccc(NC(=O)C2CCCN(C(=O)c3ccc(Cl)cc3)C2)cc1Cl. The van der Waals surface area contributed by atoms with Gasteiger partial charge in [-0.15, -0.1) is 0 Å². The van der Waals surface area contributed by atoms with E-state index in [0.29, 0.717) is 41.3 Å². The summed E-state index contributed by atoms with van der Waals surface area (Å²) in [6, 6.07) is 11.5. The number of piperidine rings is 1. The van der Waals surface area contributed by atoms with Gasteiger partial charge in [0.25, 0.3) is 11.8 Å². The van der Waals surface area contributed by atoms with E-state index in [1.54, 1.807) is 61.5 Å². The van der Waals surface area contributed by atoms with Crippen LogP contribution in [0, 0.1) is 5.92 Å². The van der Waals surface area contributed by atoms with Crippen LogP contribution >= 0.6 is 23.2 Å². The summed E-state index contributed by atoms with van der Waals surface area (Å²) < 4.78 is 0. The minimum absolute atomic E-state index is 0.112. The Bertz CT molecular complexity index is 961. The highest BCUT2D eigenvalue weighted by Crippen LogP contribution is 2.25. The number of hydrogen-bond acceptors (Lipinski definition) is 3. The number of carbonyl (C=O) groups is 3. The smallest absolute Gasteiger partial charge is 0.254 e. The highest BCUT2D eigenvalue weighted by molar-refractivity contribution is 6.34. The zero-order valence-electron chi connectivity index (χ0n) is 16.8. The molecule has 1 aliphatic heterocycles. The molecule has 1 fully saturated rings. The number of rotatable bonds is 4. The van der Waals surface area contributed by atoms with Crippen LogP contribution in [0.1, 0.15) is 33.6 Å². The summed E-state index contributed by atoms with van der Waals surface area (Å²) in [5.41, 5.74) is 1.44. The number of halogens is 2. The normalized spacial score (nSPS) is 16.1. The number of carbonyl (C=O) groups excluding carboxylic acids is 3. The molecule has 3 amide bonds. The summed E-state index contributed by atoms with van der Waals surface area (Å²) in [7, 11) is 3.29. The molecule has 1 aliphatic rings. The molecule has 2 aromatic carbocycles. The van der Waals surface area contributed by atoms with Crippen molar-refractivity contribution in [1.29, 1.82) is 0 Å². The molecule has 0 spiro atoms. The van der Waals surface area contributed by atoms with E-state index in [1.165, 1.54) is 4.90 Å². The van der Waals surface area contributed by atoms with Crippen molar-refractivity contribution in [3.05, 3.63) is 63.6 Å². The van der Waals surface area contributed by atoms with Gasteiger partial charge in [0.15, 0.2) is 0 Å². The Balaban J connectivity index is 1.65. The molecule has 0 saturated carbocycles. The van der Waals surface area contributed by atoms with Crippen LogP contribution < -0.4 is 5.32 Å². The van der Waals surface area contributed by atoms with Crippen molar-refractivity contribution in [2.75, 3.05) is 32.5 Å². The van der Waals surface area contributed by atoms with Gasteiger partial charge >= 0.3 is 0 Å². The van der Waals surface area contributed by atoms with Crippen molar-refractivity contribution < 1.29 is 14.4 Å². The van der Waals surface area contributed by atoms with E-state index in [0.717, 1.165) is 6.42 Å². The lowest BCUT2D eigenvalue weighted by Gasteiger charge is -2.32. The van der Waals surface area contributed by atoms with E-state index in [1.807, 2.05) is 0 Å². The van der Waals surface area contributed by atoms with Crippen LogP contribution in [0.25, 0.3) is 0 Å². The van der Waals surface area contributed by atoms with Crippen molar-refractivity contribution in [1.82, 2.24) is 9.80 Å². The molecule has 0 bridgehead atoms. The van der Waals surface area contributed by atoms with Crippen LogP contribution in [0.4, 0.5) is 5.69 Å². The molecule has 0 radical (unpaired) electrons. The van der Waals surface area contributed by atoms with Gasteiger partial charge in [0.05, 0.1) is 16.5 Å². The second-order valence-corrected chi connectivity index (χ2v) is 8.32. The van der Waals surface area contributed by atoms with E-state index < -0.39 is 0 Å². The fraction of sp³-hybridized carbons (Fsp3) is 0.318. The van der Waals surface area contributed by atoms with Crippen molar-refractivity contribution in [3.8, 4) is 0 Å². The molecule has 1 saturated heterocycles. The summed E-state index contributed by atoms with van der Waals surface area (Å²) in [6.07, 6.45) is 1.44. The van der Waals surface area contributed by atoms with Gasteiger partial charge in [-0.2, -0.15) is 0 Å². The Morgan fingerprint density at radius 2 is 1.77 bits per heavy atom. The average Bonchev–Trinajstić information content (AvgIpc) is 2.73. The summed E-state index contributed by atoms with van der Waals surface area (Å²) in [5, 5.41) is 3.69. The molecule has 1 unspecified atom stereocenters. The molecule has 2 aromatic rings. The summed E-state index contributed by atoms with van der Waals surface area (Å²) in [5.74, 6) is -0.816. The van der Waals surface area contributed by atoms with E-state index in [-0.39, 0.29) is 28.7 Å². The molecule has 1 heterocycles. The molecular weight excluding hydrogens is 425 g/mol. The molecule has 0 aromatic heterocycles. The van der Waals surface area contributed by atoms with Gasteiger partial charge in [0.2, 0.25) is 5.91 Å². The van der Waals surface area contributed by atoms with Crippen molar-refractivity contribution in [3.63, 3.8) is 0 Å². The quantitative estimate of drug-likeness (QED) is 0.763. The maximum atomic E-state index is 12.8. The fourth-order valence-corrected chi connectivity index (χ4v) is 3.79. The average molecular weight is 448 g/mol. The van der Waals surface area contributed by atoms with Crippen LogP contribution in [0.3, 0.4) is 0 Å². The van der Waals surface area contributed by atoms with Crippen molar-refractivity contribution in [2.24, 2.45) is 5.92 Å². The van der Waals surface area contributed by atoms with Gasteiger partial charge in [0.1, 0.15) is 0 Å². The third-order valence-electron chi connectivity index (χ3n) is 5.04. The molecule has 8 heteroatoms. The van der Waals surface area contributed by atoms with Gasteiger partial charge in [0, 0.05) is 43.5 Å².